The fourth-order valence-electron chi connectivity index (χ4n) is 2.56. The van der Waals surface area contributed by atoms with Crippen LogP contribution >= 0.6 is 0 Å². The van der Waals surface area contributed by atoms with Crippen molar-refractivity contribution in [3.63, 3.8) is 0 Å². The molecule has 2 unspecified atom stereocenters. The summed E-state index contributed by atoms with van der Waals surface area (Å²) in [4.78, 5) is 14.4. The maximum absolute atomic E-state index is 12.4. The second kappa shape index (κ2) is 4.34. The summed E-state index contributed by atoms with van der Waals surface area (Å²) in [5.41, 5.74) is -0.0962. The third-order valence-electron chi connectivity index (χ3n) is 3.70. The number of carbonyl (C=O) groups excluding carboxylic acids is 1. The van der Waals surface area contributed by atoms with E-state index in [4.69, 9.17) is 4.74 Å². The predicted molar refractivity (Wildman–Crippen MR) is 62.2 cm³/mol. The fraction of sp³-hybridized carbons (Fsp3) is 0.917. The molecule has 1 N–H and O–H groups in total. The van der Waals surface area contributed by atoms with E-state index in [1.165, 1.54) is 0 Å². The van der Waals surface area contributed by atoms with E-state index in [0.717, 1.165) is 32.7 Å². The SMILES string of the molecule is CC1CCOC1C(=O)N1CCNCC1(C)C. The normalized spacial score (nSPS) is 34.1. The average molecular weight is 226 g/mol. The van der Waals surface area contributed by atoms with Crippen LogP contribution in [0.2, 0.25) is 0 Å². The van der Waals surface area contributed by atoms with Gasteiger partial charge in [0.1, 0.15) is 6.10 Å². The molecule has 0 aromatic heterocycles. The monoisotopic (exact) mass is 226 g/mol. The van der Waals surface area contributed by atoms with Gasteiger partial charge in [0.05, 0.1) is 0 Å². The van der Waals surface area contributed by atoms with Crippen molar-refractivity contribution in [2.75, 3.05) is 26.2 Å². The fourth-order valence-corrected chi connectivity index (χ4v) is 2.56. The Morgan fingerprint density at radius 1 is 1.50 bits per heavy atom. The Morgan fingerprint density at radius 2 is 2.25 bits per heavy atom. The lowest BCUT2D eigenvalue weighted by Gasteiger charge is -2.44. The highest BCUT2D eigenvalue weighted by atomic mass is 16.5. The van der Waals surface area contributed by atoms with Crippen molar-refractivity contribution in [3.05, 3.63) is 0 Å². The molecule has 2 aliphatic heterocycles. The summed E-state index contributed by atoms with van der Waals surface area (Å²) in [6.07, 6.45) is 0.792. The standard InChI is InChI=1S/C12H22N2O2/c1-9-4-7-16-10(9)11(15)14-6-5-13-8-12(14,2)3/h9-10,13H,4-8H2,1-3H3. The molecule has 4 nitrogen and oxygen atoms in total. The van der Waals surface area contributed by atoms with Gasteiger partial charge < -0.3 is 15.0 Å². The third-order valence-corrected chi connectivity index (χ3v) is 3.70. The van der Waals surface area contributed by atoms with E-state index in [0.29, 0.717) is 5.92 Å². The molecule has 0 aromatic rings. The van der Waals surface area contributed by atoms with Gasteiger partial charge in [-0.25, -0.2) is 0 Å². The molecule has 0 saturated carbocycles. The molecular formula is C12H22N2O2. The quantitative estimate of drug-likeness (QED) is 0.713. The Hall–Kier alpha value is -0.610. The zero-order chi connectivity index (χ0) is 11.8. The molecule has 2 atom stereocenters. The first-order valence-corrected chi connectivity index (χ1v) is 6.16. The highest BCUT2D eigenvalue weighted by Gasteiger charge is 2.40. The van der Waals surface area contributed by atoms with Crippen LogP contribution in [-0.4, -0.2) is 48.7 Å². The molecule has 2 saturated heterocycles. The summed E-state index contributed by atoms with van der Waals surface area (Å²) in [6.45, 7) is 9.58. The topological polar surface area (TPSA) is 41.6 Å². The number of rotatable bonds is 1. The van der Waals surface area contributed by atoms with Gasteiger partial charge in [0.2, 0.25) is 0 Å². The number of hydrogen-bond donors (Lipinski definition) is 1. The first-order valence-electron chi connectivity index (χ1n) is 6.16. The number of amides is 1. The molecule has 0 aromatic carbocycles. The average Bonchev–Trinajstić information content (AvgIpc) is 2.63. The van der Waals surface area contributed by atoms with Crippen molar-refractivity contribution in [2.45, 2.75) is 38.8 Å². The van der Waals surface area contributed by atoms with Crippen LogP contribution in [-0.2, 0) is 9.53 Å². The smallest absolute Gasteiger partial charge is 0.252 e. The highest BCUT2D eigenvalue weighted by Crippen LogP contribution is 2.25. The van der Waals surface area contributed by atoms with Gasteiger partial charge in [0, 0.05) is 31.8 Å². The van der Waals surface area contributed by atoms with Gasteiger partial charge >= 0.3 is 0 Å². The first kappa shape index (κ1) is 11.9. The van der Waals surface area contributed by atoms with E-state index in [-0.39, 0.29) is 17.6 Å². The lowest BCUT2D eigenvalue weighted by Crippen LogP contribution is -2.62. The van der Waals surface area contributed by atoms with Gasteiger partial charge in [-0.1, -0.05) is 6.92 Å². The molecule has 0 spiro atoms. The molecular weight excluding hydrogens is 204 g/mol. The molecule has 2 fully saturated rings. The van der Waals surface area contributed by atoms with Crippen LogP contribution in [0.3, 0.4) is 0 Å². The van der Waals surface area contributed by atoms with E-state index in [1.54, 1.807) is 0 Å². The minimum atomic E-state index is -0.211. The Balaban J connectivity index is 2.08. The summed E-state index contributed by atoms with van der Waals surface area (Å²) in [7, 11) is 0. The van der Waals surface area contributed by atoms with Crippen LogP contribution in [0.15, 0.2) is 0 Å². The van der Waals surface area contributed by atoms with Gasteiger partial charge in [-0.05, 0) is 26.2 Å². The number of nitrogens with zero attached hydrogens (tertiary/aromatic N) is 1. The van der Waals surface area contributed by atoms with Crippen molar-refractivity contribution in [3.8, 4) is 0 Å². The summed E-state index contributed by atoms with van der Waals surface area (Å²) in [5.74, 6) is 0.537. The van der Waals surface area contributed by atoms with Crippen molar-refractivity contribution in [1.29, 1.82) is 0 Å². The lowest BCUT2D eigenvalue weighted by molar-refractivity contribution is -0.149. The van der Waals surface area contributed by atoms with Crippen LogP contribution in [0.25, 0.3) is 0 Å². The largest absolute Gasteiger partial charge is 0.368 e. The van der Waals surface area contributed by atoms with Crippen LogP contribution in [0.1, 0.15) is 27.2 Å². The zero-order valence-corrected chi connectivity index (χ0v) is 10.5. The number of hydrogen-bond acceptors (Lipinski definition) is 3. The maximum Gasteiger partial charge on any atom is 0.252 e. The van der Waals surface area contributed by atoms with Gasteiger partial charge in [0.25, 0.3) is 5.91 Å². The van der Waals surface area contributed by atoms with E-state index in [1.807, 2.05) is 4.90 Å². The second-order valence-corrected chi connectivity index (χ2v) is 5.54. The van der Waals surface area contributed by atoms with Crippen molar-refractivity contribution in [2.24, 2.45) is 5.92 Å². The van der Waals surface area contributed by atoms with E-state index >= 15 is 0 Å². The molecule has 92 valence electrons. The van der Waals surface area contributed by atoms with Crippen molar-refractivity contribution < 1.29 is 9.53 Å². The zero-order valence-electron chi connectivity index (χ0n) is 10.5. The van der Waals surface area contributed by atoms with Gasteiger partial charge in [0.15, 0.2) is 0 Å². The molecule has 16 heavy (non-hydrogen) atoms. The summed E-state index contributed by atoms with van der Waals surface area (Å²) in [5, 5.41) is 3.33. The molecule has 0 aliphatic carbocycles. The number of piperazine rings is 1. The molecule has 1 amide bonds. The van der Waals surface area contributed by atoms with Crippen molar-refractivity contribution >= 4 is 5.91 Å². The van der Waals surface area contributed by atoms with E-state index < -0.39 is 0 Å². The van der Waals surface area contributed by atoms with Crippen LogP contribution in [0.5, 0.6) is 0 Å². The summed E-state index contributed by atoms with van der Waals surface area (Å²) < 4.78 is 5.56. The minimum absolute atomic E-state index is 0.0962. The van der Waals surface area contributed by atoms with E-state index in [9.17, 15) is 4.79 Å². The number of carbonyl (C=O) groups is 1. The van der Waals surface area contributed by atoms with Gasteiger partial charge in [-0.15, -0.1) is 0 Å². The Kier molecular flexibility index (Phi) is 3.22. The molecule has 0 radical (unpaired) electrons. The summed E-state index contributed by atoms with van der Waals surface area (Å²) >= 11 is 0. The predicted octanol–water partition coefficient (Wildman–Crippen LogP) is 0.622. The van der Waals surface area contributed by atoms with Gasteiger partial charge in [-0.2, -0.15) is 0 Å². The molecule has 0 bridgehead atoms. The third kappa shape index (κ3) is 2.09. The molecule has 2 rings (SSSR count). The van der Waals surface area contributed by atoms with Crippen LogP contribution in [0.4, 0.5) is 0 Å². The molecule has 2 heterocycles. The van der Waals surface area contributed by atoms with Crippen LogP contribution in [0, 0.1) is 5.92 Å². The van der Waals surface area contributed by atoms with E-state index in [2.05, 4.69) is 26.1 Å². The highest BCUT2D eigenvalue weighted by molar-refractivity contribution is 5.82. The number of ether oxygens (including phenoxy) is 1. The Bertz CT molecular complexity index is 278. The molecule has 2 aliphatic rings. The minimum Gasteiger partial charge on any atom is -0.368 e. The lowest BCUT2D eigenvalue weighted by atomic mass is 9.96. The Morgan fingerprint density at radius 3 is 2.81 bits per heavy atom. The number of nitrogens with one attached hydrogen (secondary N) is 1. The first-order chi connectivity index (χ1) is 7.52. The molecule has 4 heteroatoms. The Labute approximate surface area is 97.3 Å². The van der Waals surface area contributed by atoms with Crippen molar-refractivity contribution in [1.82, 2.24) is 10.2 Å². The van der Waals surface area contributed by atoms with Crippen LogP contribution < -0.4 is 5.32 Å². The summed E-state index contributed by atoms with van der Waals surface area (Å²) in [6, 6.07) is 0. The second-order valence-electron chi connectivity index (χ2n) is 5.54. The maximum atomic E-state index is 12.4. The van der Waals surface area contributed by atoms with Gasteiger partial charge in [-0.3, -0.25) is 4.79 Å².